The Morgan fingerprint density at radius 3 is 3.17 bits per heavy atom. The smallest absolute Gasteiger partial charge is 0.231 e. The number of rotatable bonds is 1. The lowest BCUT2D eigenvalue weighted by molar-refractivity contribution is 0.174. The fourth-order valence-electron chi connectivity index (χ4n) is 2.59. The van der Waals surface area contributed by atoms with Crippen molar-refractivity contribution in [3.63, 3.8) is 0 Å². The molecule has 0 amide bonds. The molecule has 0 fully saturated rings. The number of ether oxygens (including phenoxy) is 2. The third-order valence-electron chi connectivity index (χ3n) is 3.48. The van der Waals surface area contributed by atoms with Gasteiger partial charge in [0.15, 0.2) is 11.5 Å². The summed E-state index contributed by atoms with van der Waals surface area (Å²) >= 11 is 0. The fourth-order valence-corrected chi connectivity index (χ4v) is 2.59. The summed E-state index contributed by atoms with van der Waals surface area (Å²) in [6, 6.07) is 6.19. The van der Waals surface area contributed by atoms with Crippen molar-refractivity contribution in [3.8, 4) is 11.5 Å². The van der Waals surface area contributed by atoms with Crippen molar-refractivity contribution in [1.82, 2.24) is 15.3 Å². The van der Waals surface area contributed by atoms with E-state index in [1.165, 1.54) is 5.69 Å². The number of imidazole rings is 1. The second-order valence-corrected chi connectivity index (χ2v) is 4.52. The van der Waals surface area contributed by atoms with Crippen LogP contribution >= 0.6 is 0 Å². The highest BCUT2D eigenvalue weighted by molar-refractivity contribution is 5.47. The van der Waals surface area contributed by atoms with Crippen LogP contribution in [0, 0.1) is 0 Å². The Morgan fingerprint density at radius 2 is 2.17 bits per heavy atom. The van der Waals surface area contributed by atoms with Crippen LogP contribution in [0.2, 0.25) is 0 Å². The van der Waals surface area contributed by atoms with E-state index in [1.807, 2.05) is 12.1 Å². The van der Waals surface area contributed by atoms with Crippen molar-refractivity contribution in [2.75, 3.05) is 13.3 Å². The fraction of sp³-hybridized carbons (Fsp3) is 0.308. The summed E-state index contributed by atoms with van der Waals surface area (Å²) in [6.07, 6.45) is 2.76. The molecule has 2 aliphatic heterocycles. The molecule has 2 aromatic rings. The molecule has 4 rings (SSSR count). The van der Waals surface area contributed by atoms with E-state index >= 15 is 0 Å². The van der Waals surface area contributed by atoms with Crippen LogP contribution in [0.3, 0.4) is 0 Å². The van der Waals surface area contributed by atoms with E-state index in [1.54, 1.807) is 6.33 Å². The summed E-state index contributed by atoms with van der Waals surface area (Å²) in [6.45, 7) is 1.26. The molecule has 1 aromatic carbocycles. The van der Waals surface area contributed by atoms with E-state index in [2.05, 4.69) is 21.4 Å². The molecule has 18 heavy (non-hydrogen) atoms. The van der Waals surface area contributed by atoms with E-state index in [-0.39, 0.29) is 6.04 Å². The Hall–Kier alpha value is -2.01. The zero-order chi connectivity index (χ0) is 11.9. The van der Waals surface area contributed by atoms with Gasteiger partial charge in [0.2, 0.25) is 6.79 Å². The van der Waals surface area contributed by atoms with Crippen LogP contribution < -0.4 is 14.8 Å². The first kappa shape index (κ1) is 9.96. The van der Waals surface area contributed by atoms with Crippen molar-refractivity contribution in [2.45, 2.75) is 12.5 Å². The lowest BCUT2D eigenvalue weighted by Gasteiger charge is -2.23. The highest BCUT2D eigenvalue weighted by Gasteiger charge is 2.25. The zero-order valence-electron chi connectivity index (χ0n) is 9.77. The van der Waals surface area contributed by atoms with Gasteiger partial charge in [-0.25, -0.2) is 4.98 Å². The van der Waals surface area contributed by atoms with Gasteiger partial charge in [0, 0.05) is 18.7 Å². The molecule has 0 saturated carbocycles. The number of hydrogen-bond donors (Lipinski definition) is 2. The quantitative estimate of drug-likeness (QED) is 0.794. The second-order valence-electron chi connectivity index (χ2n) is 4.52. The summed E-state index contributed by atoms with van der Waals surface area (Å²) in [4.78, 5) is 7.62. The van der Waals surface area contributed by atoms with Gasteiger partial charge < -0.3 is 19.8 Å². The molecule has 0 spiro atoms. The van der Waals surface area contributed by atoms with Gasteiger partial charge in [0.05, 0.1) is 18.1 Å². The highest BCUT2D eigenvalue weighted by Crippen LogP contribution is 2.36. The number of nitrogens with one attached hydrogen (secondary N) is 2. The third-order valence-corrected chi connectivity index (χ3v) is 3.48. The molecule has 1 atom stereocenters. The predicted octanol–water partition coefficient (Wildman–Crippen LogP) is 1.37. The summed E-state index contributed by atoms with van der Waals surface area (Å²) < 4.78 is 10.8. The van der Waals surface area contributed by atoms with Crippen molar-refractivity contribution in [1.29, 1.82) is 0 Å². The van der Waals surface area contributed by atoms with Crippen LogP contribution in [0.15, 0.2) is 24.5 Å². The van der Waals surface area contributed by atoms with Crippen molar-refractivity contribution < 1.29 is 9.47 Å². The SMILES string of the molecule is c1nc2c([nH]1)CCNC2c1ccc2c(c1)OCO2. The Bertz CT molecular complexity index is 594. The van der Waals surface area contributed by atoms with Crippen LogP contribution in [0.1, 0.15) is 23.0 Å². The first-order chi connectivity index (χ1) is 8.92. The van der Waals surface area contributed by atoms with E-state index < -0.39 is 0 Å². The Morgan fingerprint density at radius 1 is 1.22 bits per heavy atom. The van der Waals surface area contributed by atoms with Gasteiger partial charge in [-0.3, -0.25) is 0 Å². The molecular formula is C13H13N3O2. The zero-order valence-corrected chi connectivity index (χ0v) is 9.77. The Kier molecular flexibility index (Phi) is 2.07. The molecule has 1 aromatic heterocycles. The number of hydrogen-bond acceptors (Lipinski definition) is 4. The van der Waals surface area contributed by atoms with Crippen LogP contribution in [-0.2, 0) is 6.42 Å². The summed E-state index contributed by atoms with van der Waals surface area (Å²) in [5.74, 6) is 1.63. The molecule has 92 valence electrons. The molecule has 1 unspecified atom stereocenters. The van der Waals surface area contributed by atoms with Crippen LogP contribution in [0.25, 0.3) is 0 Å². The highest BCUT2D eigenvalue weighted by atomic mass is 16.7. The van der Waals surface area contributed by atoms with Gasteiger partial charge in [-0.15, -0.1) is 0 Å². The number of fused-ring (bicyclic) bond motifs is 2. The first-order valence-electron chi connectivity index (χ1n) is 6.07. The third kappa shape index (κ3) is 1.41. The largest absolute Gasteiger partial charge is 0.454 e. The predicted molar refractivity (Wildman–Crippen MR) is 64.7 cm³/mol. The maximum Gasteiger partial charge on any atom is 0.231 e. The normalized spacial score (nSPS) is 20.8. The summed E-state index contributed by atoms with van der Waals surface area (Å²) in [5.41, 5.74) is 3.46. The average molecular weight is 243 g/mol. The second kappa shape index (κ2) is 3.74. The molecule has 0 saturated heterocycles. The lowest BCUT2D eigenvalue weighted by Crippen LogP contribution is -2.30. The summed E-state index contributed by atoms with van der Waals surface area (Å²) in [5, 5.41) is 3.49. The monoisotopic (exact) mass is 243 g/mol. The van der Waals surface area contributed by atoms with Crippen molar-refractivity contribution in [3.05, 3.63) is 41.5 Å². The van der Waals surface area contributed by atoms with Gasteiger partial charge in [0.1, 0.15) is 0 Å². The minimum atomic E-state index is 0.134. The molecule has 0 aliphatic carbocycles. The molecule has 0 radical (unpaired) electrons. The first-order valence-corrected chi connectivity index (χ1v) is 6.07. The van der Waals surface area contributed by atoms with Crippen LogP contribution in [-0.4, -0.2) is 23.3 Å². The van der Waals surface area contributed by atoms with Crippen molar-refractivity contribution >= 4 is 0 Å². The minimum absolute atomic E-state index is 0.134. The van der Waals surface area contributed by atoms with Gasteiger partial charge in [-0.2, -0.15) is 0 Å². The maximum absolute atomic E-state index is 5.42. The summed E-state index contributed by atoms with van der Waals surface area (Å²) in [7, 11) is 0. The molecular weight excluding hydrogens is 230 g/mol. The van der Waals surface area contributed by atoms with Crippen LogP contribution in [0.4, 0.5) is 0 Å². The molecule has 5 heteroatoms. The van der Waals surface area contributed by atoms with E-state index in [0.717, 1.165) is 35.7 Å². The number of aromatic amines is 1. The maximum atomic E-state index is 5.42. The number of nitrogens with zero attached hydrogens (tertiary/aromatic N) is 1. The average Bonchev–Trinajstić information content (AvgIpc) is 3.05. The standard InChI is InChI=1S/C13H13N3O2/c1-2-10-11(18-7-17-10)5-8(1)12-13-9(3-4-14-12)15-6-16-13/h1-2,5-6,12,14H,3-4,7H2,(H,15,16). The van der Waals surface area contributed by atoms with Crippen LogP contribution in [0.5, 0.6) is 11.5 Å². The van der Waals surface area contributed by atoms with Gasteiger partial charge in [-0.1, -0.05) is 6.07 Å². The number of benzene rings is 1. The van der Waals surface area contributed by atoms with Gasteiger partial charge in [0.25, 0.3) is 0 Å². The van der Waals surface area contributed by atoms with E-state index in [0.29, 0.717) is 6.79 Å². The Labute approximate surface area is 104 Å². The lowest BCUT2D eigenvalue weighted by atomic mass is 9.98. The molecule has 5 nitrogen and oxygen atoms in total. The van der Waals surface area contributed by atoms with E-state index in [4.69, 9.17) is 9.47 Å². The minimum Gasteiger partial charge on any atom is -0.454 e. The van der Waals surface area contributed by atoms with Gasteiger partial charge in [-0.05, 0) is 17.7 Å². The molecule has 3 heterocycles. The molecule has 2 aliphatic rings. The van der Waals surface area contributed by atoms with Gasteiger partial charge >= 0.3 is 0 Å². The van der Waals surface area contributed by atoms with E-state index in [9.17, 15) is 0 Å². The topological polar surface area (TPSA) is 59.2 Å². The number of aromatic nitrogens is 2. The molecule has 2 N–H and O–H groups in total. The molecule has 0 bridgehead atoms. The van der Waals surface area contributed by atoms with Crippen molar-refractivity contribution in [2.24, 2.45) is 0 Å². The Balaban J connectivity index is 1.76. The number of H-pyrrole nitrogens is 1.